The summed E-state index contributed by atoms with van der Waals surface area (Å²) < 4.78 is 11.6. The summed E-state index contributed by atoms with van der Waals surface area (Å²) in [5.74, 6) is 2.01. The lowest BCUT2D eigenvalue weighted by Gasteiger charge is -2.09. The molecule has 1 aromatic carbocycles. The number of benzene rings is 1. The molecule has 0 N–H and O–H groups in total. The van der Waals surface area contributed by atoms with Crippen molar-refractivity contribution in [2.45, 2.75) is 19.8 Å². The topological polar surface area (TPSA) is 31.4 Å². The number of pyridine rings is 1. The van der Waals surface area contributed by atoms with Gasteiger partial charge in [0.2, 0.25) is 6.79 Å². The molecular weight excluding hydrogens is 282 g/mol. The van der Waals surface area contributed by atoms with E-state index < -0.39 is 0 Å². The highest BCUT2D eigenvalue weighted by atomic mass is 79.9. The van der Waals surface area contributed by atoms with E-state index in [1.165, 1.54) is 5.56 Å². The quantitative estimate of drug-likeness (QED) is 0.749. The molecule has 0 atom stereocenters. The minimum Gasteiger partial charge on any atom is -0.454 e. The number of hydrogen-bond donors (Lipinski definition) is 0. The highest BCUT2D eigenvalue weighted by Gasteiger charge is 2.16. The van der Waals surface area contributed by atoms with Crippen molar-refractivity contribution in [1.29, 1.82) is 0 Å². The Labute approximate surface area is 108 Å². The van der Waals surface area contributed by atoms with Crippen molar-refractivity contribution in [1.82, 2.24) is 4.98 Å². The molecule has 3 rings (SSSR count). The van der Waals surface area contributed by atoms with Crippen molar-refractivity contribution in [2.24, 2.45) is 0 Å². The third-order valence-electron chi connectivity index (χ3n) is 2.91. The maximum atomic E-state index is 5.38. The van der Waals surface area contributed by atoms with Crippen LogP contribution in [0.5, 0.6) is 11.5 Å². The van der Waals surface area contributed by atoms with E-state index in [1.54, 1.807) is 0 Å². The molecule has 4 heteroatoms. The van der Waals surface area contributed by atoms with E-state index in [4.69, 9.17) is 9.47 Å². The van der Waals surface area contributed by atoms with Crippen molar-refractivity contribution in [3.05, 3.63) is 28.4 Å². The minimum absolute atomic E-state index is 0.295. The number of nitrogens with zero attached hydrogens (tertiary/aromatic N) is 1. The first-order valence-corrected chi connectivity index (χ1v) is 6.34. The molecule has 0 aliphatic carbocycles. The predicted octanol–water partition coefficient (Wildman–Crippen LogP) is 3.85. The molecule has 3 nitrogen and oxygen atoms in total. The van der Waals surface area contributed by atoms with Gasteiger partial charge in [0, 0.05) is 11.5 Å². The van der Waals surface area contributed by atoms with Crippen LogP contribution in [0, 0.1) is 0 Å². The number of hydrogen-bond acceptors (Lipinski definition) is 3. The molecule has 2 heterocycles. The van der Waals surface area contributed by atoms with Crippen LogP contribution in [0.2, 0.25) is 0 Å². The van der Waals surface area contributed by atoms with E-state index in [2.05, 4.69) is 40.8 Å². The molecule has 0 saturated heterocycles. The smallest absolute Gasteiger partial charge is 0.231 e. The highest BCUT2D eigenvalue weighted by Crippen LogP contribution is 2.37. The second-order valence-electron chi connectivity index (χ2n) is 4.42. The van der Waals surface area contributed by atoms with Crippen molar-refractivity contribution in [3.63, 3.8) is 0 Å². The van der Waals surface area contributed by atoms with Gasteiger partial charge in [0.05, 0.1) is 5.52 Å². The van der Waals surface area contributed by atoms with Crippen LogP contribution in [-0.2, 0) is 0 Å². The molecule has 1 aliphatic rings. The molecule has 0 fully saturated rings. The molecule has 1 aromatic heterocycles. The van der Waals surface area contributed by atoms with Crippen LogP contribution in [-0.4, -0.2) is 11.8 Å². The van der Waals surface area contributed by atoms with Gasteiger partial charge in [-0.3, -0.25) is 0 Å². The van der Waals surface area contributed by atoms with E-state index in [0.717, 1.165) is 27.0 Å². The molecule has 1 aliphatic heterocycles. The maximum absolute atomic E-state index is 5.38. The fourth-order valence-electron chi connectivity index (χ4n) is 1.96. The van der Waals surface area contributed by atoms with Crippen LogP contribution in [0.25, 0.3) is 10.9 Å². The molecule has 0 bridgehead atoms. The zero-order valence-electron chi connectivity index (χ0n) is 9.66. The van der Waals surface area contributed by atoms with Crippen LogP contribution in [0.1, 0.15) is 25.3 Å². The Morgan fingerprint density at radius 3 is 2.59 bits per heavy atom. The molecule has 88 valence electrons. The van der Waals surface area contributed by atoms with E-state index in [0.29, 0.717) is 12.7 Å². The van der Waals surface area contributed by atoms with Gasteiger partial charge in [0.15, 0.2) is 11.5 Å². The fourth-order valence-corrected chi connectivity index (χ4v) is 2.72. The van der Waals surface area contributed by atoms with Gasteiger partial charge in [-0.2, -0.15) is 0 Å². The summed E-state index contributed by atoms with van der Waals surface area (Å²) in [6.07, 6.45) is 0. The summed E-state index contributed by atoms with van der Waals surface area (Å²) in [6.45, 7) is 4.60. The largest absolute Gasteiger partial charge is 0.454 e. The molecule has 0 amide bonds. The standard InChI is InChI=1S/C13H12BrNO2/c1-7(2)9-3-8-4-11-12(17-6-16-11)5-10(8)15-13(9)14/h3-5,7H,6H2,1-2H3. The van der Waals surface area contributed by atoms with Gasteiger partial charge in [0.25, 0.3) is 0 Å². The molecule has 0 spiro atoms. The van der Waals surface area contributed by atoms with Crippen LogP contribution >= 0.6 is 15.9 Å². The van der Waals surface area contributed by atoms with Gasteiger partial charge in [0.1, 0.15) is 4.60 Å². The van der Waals surface area contributed by atoms with Gasteiger partial charge < -0.3 is 9.47 Å². The van der Waals surface area contributed by atoms with Crippen LogP contribution in [0.3, 0.4) is 0 Å². The van der Waals surface area contributed by atoms with Gasteiger partial charge in [-0.1, -0.05) is 13.8 Å². The van der Waals surface area contributed by atoms with E-state index in [9.17, 15) is 0 Å². The number of halogens is 1. The average molecular weight is 294 g/mol. The summed E-state index contributed by atoms with van der Waals surface area (Å²) in [7, 11) is 0. The molecule has 0 radical (unpaired) electrons. The Bertz CT molecular complexity index is 595. The Morgan fingerprint density at radius 2 is 1.88 bits per heavy atom. The van der Waals surface area contributed by atoms with E-state index in [-0.39, 0.29) is 0 Å². The lowest BCUT2D eigenvalue weighted by molar-refractivity contribution is 0.174. The Balaban J connectivity index is 2.25. The van der Waals surface area contributed by atoms with Gasteiger partial charge in [-0.15, -0.1) is 0 Å². The normalized spacial score (nSPS) is 13.6. The first-order valence-electron chi connectivity index (χ1n) is 5.55. The summed E-state index contributed by atoms with van der Waals surface area (Å²) in [5, 5.41) is 1.08. The number of aromatic nitrogens is 1. The van der Waals surface area contributed by atoms with Crippen molar-refractivity contribution < 1.29 is 9.47 Å². The zero-order chi connectivity index (χ0) is 12.0. The molecule has 0 saturated carbocycles. The predicted molar refractivity (Wildman–Crippen MR) is 69.7 cm³/mol. The van der Waals surface area contributed by atoms with E-state index in [1.807, 2.05) is 12.1 Å². The SMILES string of the molecule is CC(C)c1cc2cc3c(cc2nc1Br)OCO3. The van der Waals surface area contributed by atoms with Gasteiger partial charge in [-0.05, 0) is 39.5 Å². The molecule has 17 heavy (non-hydrogen) atoms. The Hall–Kier alpha value is -1.29. The number of fused-ring (bicyclic) bond motifs is 2. The fraction of sp³-hybridized carbons (Fsp3) is 0.308. The summed E-state index contributed by atoms with van der Waals surface area (Å²) in [6, 6.07) is 6.06. The molecule has 0 unspecified atom stereocenters. The highest BCUT2D eigenvalue weighted by molar-refractivity contribution is 9.10. The Kier molecular flexibility index (Phi) is 2.47. The summed E-state index contributed by atoms with van der Waals surface area (Å²) in [5.41, 5.74) is 2.13. The zero-order valence-corrected chi connectivity index (χ0v) is 11.2. The first kappa shape index (κ1) is 10.8. The van der Waals surface area contributed by atoms with Crippen LogP contribution in [0.4, 0.5) is 0 Å². The van der Waals surface area contributed by atoms with Crippen molar-refractivity contribution in [3.8, 4) is 11.5 Å². The van der Waals surface area contributed by atoms with Crippen LogP contribution in [0.15, 0.2) is 22.8 Å². The monoisotopic (exact) mass is 293 g/mol. The first-order chi connectivity index (χ1) is 8.15. The third kappa shape index (κ3) is 1.76. The van der Waals surface area contributed by atoms with E-state index >= 15 is 0 Å². The minimum atomic E-state index is 0.295. The second-order valence-corrected chi connectivity index (χ2v) is 5.17. The second kappa shape index (κ2) is 3.88. The van der Waals surface area contributed by atoms with Gasteiger partial charge >= 0.3 is 0 Å². The number of ether oxygens (including phenoxy) is 2. The molecular formula is C13H12BrNO2. The van der Waals surface area contributed by atoms with Crippen molar-refractivity contribution in [2.75, 3.05) is 6.79 Å². The van der Waals surface area contributed by atoms with Crippen LogP contribution < -0.4 is 9.47 Å². The summed E-state index contributed by atoms with van der Waals surface area (Å²) in [4.78, 5) is 4.56. The average Bonchev–Trinajstić information content (AvgIpc) is 2.71. The number of rotatable bonds is 1. The van der Waals surface area contributed by atoms with Crippen molar-refractivity contribution >= 4 is 26.8 Å². The summed E-state index contributed by atoms with van der Waals surface area (Å²) >= 11 is 3.52. The third-order valence-corrected chi connectivity index (χ3v) is 3.55. The Morgan fingerprint density at radius 1 is 1.18 bits per heavy atom. The molecule has 2 aromatic rings. The maximum Gasteiger partial charge on any atom is 0.231 e. The lowest BCUT2D eigenvalue weighted by Crippen LogP contribution is -1.93. The lowest BCUT2D eigenvalue weighted by atomic mass is 10.0. The van der Waals surface area contributed by atoms with Gasteiger partial charge in [-0.25, -0.2) is 4.98 Å².